The van der Waals surface area contributed by atoms with Gasteiger partial charge in [0, 0.05) is 4.47 Å². The van der Waals surface area contributed by atoms with E-state index in [2.05, 4.69) is 15.9 Å². The van der Waals surface area contributed by atoms with Crippen LogP contribution in [0.25, 0.3) is 0 Å². The van der Waals surface area contributed by atoms with Gasteiger partial charge < -0.3 is 10.5 Å². The van der Waals surface area contributed by atoms with E-state index in [1.54, 1.807) is 18.2 Å². The van der Waals surface area contributed by atoms with Crippen molar-refractivity contribution in [3.05, 3.63) is 62.8 Å². The molecule has 0 amide bonds. The minimum atomic E-state index is -0.609. The van der Waals surface area contributed by atoms with E-state index in [0.29, 0.717) is 15.7 Å². The maximum absolute atomic E-state index is 13.2. The fourth-order valence-electron chi connectivity index (χ4n) is 1.63. The van der Waals surface area contributed by atoms with E-state index < -0.39 is 11.8 Å². The topological polar surface area (TPSA) is 52.3 Å². The zero-order valence-electron chi connectivity index (χ0n) is 10.2. The molecule has 0 saturated carbocycles. The number of anilines is 1. The summed E-state index contributed by atoms with van der Waals surface area (Å²) in [6.45, 7) is -0.0552. The lowest BCUT2D eigenvalue weighted by atomic mass is 10.2. The van der Waals surface area contributed by atoms with Crippen LogP contribution in [0.15, 0.2) is 40.9 Å². The maximum atomic E-state index is 13.2. The Bertz CT molecular complexity index is 643. The smallest absolute Gasteiger partial charge is 0.340 e. The number of nitrogen functional groups attached to an aromatic ring is 1. The molecule has 0 aromatic heterocycles. The second kappa shape index (κ2) is 6.24. The number of nitrogens with two attached hydrogens (primary N) is 1. The highest BCUT2D eigenvalue weighted by atomic mass is 79.9. The molecule has 0 spiro atoms. The van der Waals surface area contributed by atoms with Gasteiger partial charge in [-0.2, -0.15) is 0 Å². The average molecular weight is 359 g/mol. The van der Waals surface area contributed by atoms with E-state index in [9.17, 15) is 9.18 Å². The maximum Gasteiger partial charge on any atom is 0.340 e. The Hall–Kier alpha value is -1.59. The molecule has 2 aromatic rings. The van der Waals surface area contributed by atoms with E-state index in [1.165, 1.54) is 18.2 Å². The van der Waals surface area contributed by atoms with Crippen molar-refractivity contribution >= 4 is 39.2 Å². The molecule has 2 rings (SSSR count). The molecule has 20 heavy (non-hydrogen) atoms. The standard InChI is InChI=1S/C14H10BrClFNO2/c15-9-4-8(5-10(17)6-9)7-20-14(19)11-2-1-3-12(18)13(11)16/h1-6H,7,18H2. The van der Waals surface area contributed by atoms with E-state index in [1.807, 2.05) is 0 Å². The van der Waals surface area contributed by atoms with E-state index in [4.69, 9.17) is 22.1 Å². The number of hydrogen-bond acceptors (Lipinski definition) is 3. The molecule has 0 unspecified atom stereocenters. The second-order valence-corrected chi connectivity index (χ2v) is 5.36. The molecule has 0 heterocycles. The van der Waals surface area contributed by atoms with Gasteiger partial charge in [0.2, 0.25) is 0 Å². The Kier molecular flexibility index (Phi) is 4.62. The number of halogens is 3. The molecule has 2 N–H and O–H groups in total. The Labute approximate surface area is 128 Å². The molecule has 0 aliphatic carbocycles. The fourth-order valence-corrected chi connectivity index (χ4v) is 2.34. The Morgan fingerprint density at radius 3 is 2.80 bits per heavy atom. The second-order valence-electron chi connectivity index (χ2n) is 4.06. The van der Waals surface area contributed by atoms with Gasteiger partial charge in [0.25, 0.3) is 0 Å². The molecule has 2 aromatic carbocycles. The van der Waals surface area contributed by atoms with Crippen LogP contribution < -0.4 is 5.73 Å². The van der Waals surface area contributed by atoms with Crippen LogP contribution in [-0.2, 0) is 11.3 Å². The molecular weight excluding hydrogens is 349 g/mol. The van der Waals surface area contributed by atoms with Crippen LogP contribution in [0.4, 0.5) is 10.1 Å². The highest BCUT2D eigenvalue weighted by Gasteiger charge is 2.13. The van der Waals surface area contributed by atoms with E-state index in [-0.39, 0.29) is 17.2 Å². The van der Waals surface area contributed by atoms with Crippen molar-refractivity contribution in [2.45, 2.75) is 6.61 Å². The molecule has 0 aliphatic heterocycles. The van der Waals surface area contributed by atoms with Crippen molar-refractivity contribution in [3.63, 3.8) is 0 Å². The van der Waals surface area contributed by atoms with Crippen molar-refractivity contribution in [2.24, 2.45) is 0 Å². The molecule has 6 heteroatoms. The highest BCUT2D eigenvalue weighted by molar-refractivity contribution is 9.10. The molecule has 0 saturated heterocycles. The molecular formula is C14H10BrClFNO2. The number of esters is 1. The van der Waals surface area contributed by atoms with Gasteiger partial charge in [-0.25, -0.2) is 9.18 Å². The van der Waals surface area contributed by atoms with Gasteiger partial charge in [-0.05, 0) is 35.9 Å². The minimum absolute atomic E-state index is 0.0552. The zero-order chi connectivity index (χ0) is 14.7. The summed E-state index contributed by atoms with van der Waals surface area (Å²) >= 11 is 9.09. The summed E-state index contributed by atoms with van der Waals surface area (Å²) in [7, 11) is 0. The molecule has 0 aliphatic rings. The van der Waals surface area contributed by atoms with Crippen LogP contribution in [0, 0.1) is 5.82 Å². The molecule has 0 radical (unpaired) electrons. The molecule has 3 nitrogen and oxygen atoms in total. The third-order valence-electron chi connectivity index (χ3n) is 2.54. The lowest BCUT2D eigenvalue weighted by molar-refractivity contribution is 0.0472. The van der Waals surface area contributed by atoms with Crippen molar-refractivity contribution < 1.29 is 13.9 Å². The number of hydrogen-bond donors (Lipinski definition) is 1. The monoisotopic (exact) mass is 357 g/mol. The Morgan fingerprint density at radius 2 is 2.10 bits per heavy atom. The summed E-state index contributed by atoms with van der Waals surface area (Å²) in [5.74, 6) is -1.02. The molecule has 0 atom stereocenters. The quantitative estimate of drug-likeness (QED) is 0.661. The van der Waals surface area contributed by atoms with Crippen LogP contribution in [0.1, 0.15) is 15.9 Å². The zero-order valence-corrected chi connectivity index (χ0v) is 12.5. The van der Waals surface area contributed by atoms with Gasteiger partial charge in [-0.1, -0.05) is 33.6 Å². The Morgan fingerprint density at radius 1 is 1.35 bits per heavy atom. The summed E-state index contributed by atoms with van der Waals surface area (Å²) in [4.78, 5) is 11.9. The van der Waals surface area contributed by atoms with Crippen LogP contribution >= 0.6 is 27.5 Å². The van der Waals surface area contributed by atoms with Crippen molar-refractivity contribution in [1.29, 1.82) is 0 Å². The summed E-state index contributed by atoms with van der Waals surface area (Å²) in [6, 6.07) is 8.98. The first-order valence-electron chi connectivity index (χ1n) is 5.63. The minimum Gasteiger partial charge on any atom is -0.457 e. The van der Waals surface area contributed by atoms with Crippen molar-refractivity contribution in [2.75, 3.05) is 5.73 Å². The molecule has 0 fully saturated rings. The summed E-state index contributed by atoms with van der Waals surface area (Å²) in [5.41, 5.74) is 6.63. The van der Waals surface area contributed by atoms with Gasteiger partial charge >= 0.3 is 5.97 Å². The highest BCUT2D eigenvalue weighted by Crippen LogP contribution is 2.24. The lowest BCUT2D eigenvalue weighted by Crippen LogP contribution is -2.07. The van der Waals surface area contributed by atoms with Gasteiger partial charge in [0.05, 0.1) is 16.3 Å². The number of benzene rings is 2. The number of ether oxygens (including phenoxy) is 1. The van der Waals surface area contributed by atoms with Gasteiger partial charge in [0.15, 0.2) is 0 Å². The average Bonchev–Trinajstić information content (AvgIpc) is 2.38. The third-order valence-corrected chi connectivity index (χ3v) is 3.42. The van der Waals surface area contributed by atoms with Crippen LogP contribution in [0.3, 0.4) is 0 Å². The van der Waals surface area contributed by atoms with Crippen LogP contribution in [0.5, 0.6) is 0 Å². The fraction of sp³-hybridized carbons (Fsp3) is 0.0714. The first kappa shape index (κ1) is 14.8. The van der Waals surface area contributed by atoms with Crippen molar-refractivity contribution in [3.8, 4) is 0 Å². The normalized spacial score (nSPS) is 10.3. The first-order valence-corrected chi connectivity index (χ1v) is 6.80. The first-order chi connectivity index (χ1) is 9.47. The summed E-state index contributed by atoms with van der Waals surface area (Å²) in [5, 5.41) is 0.151. The van der Waals surface area contributed by atoms with E-state index >= 15 is 0 Å². The summed E-state index contributed by atoms with van der Waals surface area (Å²) in [6.07, 6.45) is 0. The number of carbonyl (C=O) groups excluding carboxylic acids is 1. The number of carbonyl (C=O) groups is 1. The predicted molar refractivity (Wildman–Crippen MR) is 79.1 cm³/mol. The van der Waals surface area contributed by atoms with Gasteiger partial charge in [-0.15, -0.1) is 0 Å². The largest absolute Gasteiger partial charge is 0.457 e. The summed E-state index contributed by atoms with van der Waals surface area (Å²) < 4.78 is 18.9. The lowest BCUT2D eigenvalue weighted by Gasteiger charge is -2.08. The molecule has 0 bridgehead atoms. The molecule has 104 valence electrons. The van der Waals surface area contributed by atoms with E-state index in [0.717, 1.165) is 0 Å². The van der Waals surface area contributed by atoms with Crippen LogP contribution in [-0.4, -0.2) is 5.97 Å². The van der Waals surface area contributed by atoms with Gasteiger partial charge in [-0.3, -0.25) is 0 Å². The van der Waals surface area contributed by atoms with Crippen LogP contribution in [0.2, 0.25) is 5.02 Å². The van der Waals surface area contributed by atoms with Crippen molar-refractivity contribution in [1.82, 2.24) is 0 Å². The third kappa shape index (κ3) is 3.49. The van der Waals surface area contributed by atoms with Gasteiger partial charge in [0.1, 0.15) is 12.4 Å². The Balaban J connectivity index is 2.10. The number of rotatable bonds is 3. The SMILES string of the molecule is Nc1cccc(C(=O)OCc2cc(F)cc(Br)c2)c1Cl. The predicted octanol–water partition coefficient (Wildman–Crippen LogP) is 4.18.